The second kappa shape index (κ2) is 6.66. The summed E-state index contributed by atoms with van der Waals surface area (Å²) in [7, 11) is -2.03. The van der Waals surface area contributed by atoms with Crippen molar-refractivity contribution >= 4 is 10.0 Å². The van der Waals surface area contributed by atoms with E-state index >= 15 is 0 Å². The molecule has 0 amide bonds. The number of sulfonamides is 1. The Balaban J connectivity index is 1.91. The van der Waals surface area contributed by atoms with E-state index in [0.717, 1.165) is 18.4 Å². The summed E-state index contributed by atoms with van der Waals surface area (Å²) >= 11 is 0. The molecule has 0 aliphatic heterocycles. The predicted octanol–water partition coefficient (Wildman–Crippen LogP) is 1.92. The van der Waals surface area contributed by atoms with Crippen molar-refractivity contribution in [3.63, 3.8) is 0 Å². The number of rotatable bonds is 6. The van der Waals surface area contributed by atoms with Crippen molar-refractivity contribution in [3.05, 3.63) is 48.4 Å². The van der Waals surface area contributed by atoms with Gasteiger partial charge in [0, 0.05) is 26.3 Å². The normalized spacial score (nSPS) is 17.5. The number of aromatic nitrogens is 2. The van der Waals surface area contributed by atoms with Crippen LogP contribution in [-0.4, -0.2) is 39.5 Å². The van der Waals surface area contributed by atoms with Gasteiger partial charge in [0.1, 0.15) is 0 Å². The van der Waals surface area contributed by atoms with Crippen LogP contribution in [0.5, 0.6) is 0 Å². The van der Waals surface area contributed by atoms with Gasteiger partial charge in [-0.05, 0) is 18.4 Å². The molecule has 0 atom stereocenters. The van der Waals surface area contributed by atoms with Gasteiger partial charge in [-0.1, -0.05) is 43.2 Å². The molecule has 2 aromatic rings. The molecule has 1 heterocycles. The molecule has 1 aromatic carbocycles. The first-order valence-electron chi connectivity index (χ1n) is 8.14. The van der Waals surface area contributed by atoms with Crippen LogP contribution in [0.3, 0.4) is 0 Å². The van der Waals surface area contributed by atoms with Crippen LogP contribution in [0, 0.1) is 0 Å². The Labute approximate surface area is 142 Å². The smallest absolute Gasteiger partial charge is 0.262 e. The highest BCUT2D eigenvalue weighted by Crippen LogP contribution is 2.32. The van der Waals surface area contributed by atoms with Gasteiger partial charge in [0.15, 0.2) is 5.03 Å². The number of aryl methyl sites for hydroxylation is 1. The van der Waals surface area contributed by atoms with Crippen molar-refractivity contribution in [1.29, 1.82) is 0 Å². The summed E-state index contributed by atoms with van der Waals surface area (Å²) in [6.07, 6.45) is 6.09. The van der Waals surface area contributed by atoms with Crippen LogP contribution in [0.2, 0.25) is 0 Å². The summed E-state index contributed by atoms with van der Waals surface area (Å²) in [4.78, 5) is 4.00. The largest absolute Gasteiger partial charge is 0.389 e. The molecular formula is C17H23N3O3S. The van der Waals surface area contributed by atoms with E-state index in [0.29, 0.717) is 12.8 Å². The SMILES string of the molecule is Cn1cnc(S(=O)(=O)N(Cc2ccccc2)CC2(O)CCCC2)c1. The van der Waals surface area contributed by atoms with Crippen molar-refractivity contribution in [1.82, 2.24) is 13.9 Å². The van der Waals surface area contributed by atoms with E-state index in [4.69, 9.17) is 0 Å². The highest BCUT2D eigenvalue weighted by molar-refractivity contribution is 7.89. The van der Waals surface area contributed by atoms with Gasteiger partial charge in [-0.25, -0.2) is 13.4 Å². The van der Waals surface area contributed by atoms with Gasteiger partial charge in [-0.3, -0.25) is 0 Å². The standard InChI is InChI=1S/C17H23N3O3S/c1-19-12-16(18-14-19)24(22,23)20(11-15-7-3-2-4-8-15)13-17(21)9-5-6-10-17/h2-4,7-8,12,14,21H,5-6,9-11,13H2,1H3. The first-order chi connectivity index (χ1) is 11.4. The number of nitrogens with zero attached hydrogens (tertiary/aromatic N) is 3. The number of imidazole rings is 1. The Kier molecular flexibility index (Phi) is 4.76. The van der Waals surface area contributed by atoms with Crippen LogP contribution < -0.4 is 0 Å². The Morgan fingerprint density at radius 2 is 1.92 bits per heavy atom. The summed E-state index contributed by atoms with van der Waals surface area (Å²) in [5.41, 5.74) is -0.0602. The molecule has 1 fully saturated rings. The van der Waals surface area contributed by atoms with Crippen molar-refractivity contribution in [2.24, 2.45) is 7.05 Å². The average molecular weight is 349 g/mol. The highest BCUT2D eigenvalue weighted by Gasteiger charge is 2.38. The summed E-state index contributed by atoms with van der Waals surface area (Å²) in [5.74, 6) is 0. The minimum atomic E-state index is -3.76. The van der Waals surface area contributed by atoms with Gasteiger partial charge in [-0.2, -0.15) is 4.31 Å². The fourth-order valence-corrected chi connectivity index (χ4v) is 4.66. The minimum absolute atomic E-state index is 0.0162. The maximum absolute atomic E-state index is 13.0. The molecule has 1 aliphatic rings. The van der Waals surface area contributed by atoms with Crippen molar-refractivity contribution < 1.29 is 13.5 Å². The lowest BCUT2D eigenvalue weighted by atomic mass is 10.0. The van der Waals surface area contributed by atoms with Gasteiger partial charge < -0.3 is 9.67 Å². The second-order valence-electron chi connectivity index (χ2n) is 6.57. The zero-order chi connectivity index (χ0) is 17.2. The summed E-state index contributed by atoms with van der Waals surface area (Å²) < 4.78 is 29.0. The third-order valence-corrected chi connectivity index (χ3v) is 6.17. The lowest BCUT2D eigenvalue weighted by Crippen LogP contribution is -2.43. The second-order valence-corrected chi connectivity index (χ2v) is 8.45. The lowest BCUT2D eigenvalue weighted by Gasteiger charge is -2.30. The number of hydrogen-bond acceptors (Lipinski definition) is 4. The van der Waals surface area contributed by atoms with Crippen molar-refractivity contribution in [2.45, 2.75) is 42.9 Å². The Hall–Kier alpha value is -1.70. The van der Waals surface area contributed by atoms with Gasteiger partial charge >= 0.3 is 0 Å². The average Bonchev–Trinajstić information content (AvgIpc) is 3.17. The molecule has 0 spiro atoms. The zero-order valence-electron chi connectivity index (χ0n) is 13.8. The Morgan fingerprint density at radius 1 is 1.25 bits per heavy atom. The molecule has 0 saturated heterocycles. The van der Waals surface area contributed by atoms with E-state index in [1.54, 1.807) is 11.6 Å². The van der Waals surface area contributed by atoms with Crippen LogP contribution in [0.15, 0.2) is 47.9 Å². The third kappa shape index (κ3) is 3.68. The van der Waals surface area contributed by atoms with Crippen molar-refractivity contribution in [2.75, 3.05) is 6.54 Å². The summed E-state index contributed by atoms with van der Waals surface area (Å²) in [6, 6.07) is 9.43. The quantitative estimate of drug-likeness (QED) is 0.864. The number of aliphatic hydroxyl groups is 1. The van der Waals surface area contributed by atoms with Gasteiger partial charge in [0.2, 0.25) is 0 Å². The van der Waals surface area contributed by atoms with Crippen LogP contribution in [0.25, 0.3) is 0 Å². The van der Waals surface area contributed by atoms with E-state index in [9.17, 15) is 13.5 Å². The fourth-order valence-electron chi connectivity index (χ4n) is 3.19. The predicted molar refractivity (Wildman–Crippen MR) is 90.7 cm³/mol. The number of benzene rings is 1. The highest BCUT2D eigenvalue weighted by atomic mass is 32.2. The molecule has 3 rings (SSSR count). The van der Waals surface area contributed by atoms with Crippen LogP contribution in [-0.2, 0) is 23.6 Å². The van der Waals surface area contributed by atoms with Crippen LogP contribution in [0.4, 0.5) is 0 Å². The van der Waals surface area contributed by atoms with E-state index in [2.05, 4.69) is 4.98 Å². The van der Waals surface area contributed by atoms with E-state index in [1.807, 2.05) is 30.3 Å². The molecule has 24 heavy (non-hydrogen) atoms. The zero-order valence-corrected chi connectivity index (χ0v) is 14.6. The van der Waals surface area contributed by atoms with Crippen molar-refractivity contribution in [3.8, 4) is 0 Å². The maximum atomic E-state index is 13.0. The molecule has 0 unspecified atom stereocenters. The molecule has 7 heteroatoms. The molecular weight excluding hydrogens is 326 g/mol. The van der Waals surface area contributed by atoms with E-state index in [-0.39, 0.29) is 18.1 Å². The third-order valence-electron chi connectivity index (χ3n) is 4.49. The summed E-state index contributed by atoms with van der Waals surface area (Å²) in [6.45, 7) is 0.322. The molecule has 130 valence electrons. The fraction of sp³-hybridized carbons (Fsp3) is 0.471. The molecule has 1 saturated carbocycles. The monoisotopic (exact) mass is 349 g/mol. The lowest BCUT2D eigenvalue weighted by molar-refractivity contribution is 0.0278. The Bertz CT molecular complexity index is 780. The van der Waals surface area contributed by atoms with Gasteiger partial charge in [0.05, 0.1) is 11.9 Å². The molecule has 1 N–H and O–H groups in total. The van der Waals surface area contributed by atoms with Gasteiger partial charge in [-0.15, -0.1) is 0 Å². The first-order valence-corrected chi connectivity index (χ1v) is 9.58. The Morgan fingerprint density at radius 3 is 2.50 bits per heavy atom. The maximum Gasteiger partial charge on any atom is 0.262 e. The van der Waals surface area contributed by atoms with Gasteiger partial charge in [0.25, 0.3) is 10.0 Å². The minimum Gasteiger partial charge on any atom is -0.389 e. The van der Waals surface area contributed by atoms with E-state index in [1.165, 1.54) is 16.8 Å². The van der Waals surface area contributed by atoms with E-state index < -0.39 is 15.6 Å². The topological polar surface area (TPSA) is 75.4 Å². The molecule has 0 radical (unpaired) electrons. The van der Waals surface area contributed by atoms with Crippen LogP contribution in [0.1, 0.15) is 31.2 Å². The molecule has 1 aromatic heterocycles. The first kappa shape index (κ1) is 17.1. The molecule has 1 aliphatic carbocycles. The van der Waals surface area contributed by atoms with Crippen LogP contribution >= 0.6 is 0 Å². The number of hydrogen-bond donors (Lipinski definition) is 1. The molecule has 0 bridgehead atoms. The summed E-state index contributed by atoms with van der Waals surface area (Å²) in [5, 5.41) is 10.7. The molecule has 6 nitrogen and oxygen atoms in total.